The molecule has 0 fully saturated rings. The Kier molecular flexibility index (Phi) is 37.5. The molecule has 0 heterocycles. The normalized spacial score (nSPS) is 12.0. The first-order valence-corrected chi connectivity index (χ1v) is 19.4. The Bertz CT molecular complexity index is 617. The maximum atomic E-state index is 11.9. The van der Waals surface area contributed by atoms with E-state index in [-0.39, 0.29) is 5.97 Å². The van der Waals surface area contributed by atoms with Gasteiger partial charge < -0.3 is 4.74 Å². The zero-order chi connectivity index (χ0) is 31.2. The van der Waals surface area contributed by atoms with Gasteiger partial charge in [0.2, 0.25) is 0 Å². The fourth-order valence-corrected chi connectivity index (χ4v) is 5.57. The Morgan fingerprint density at radius 1 is 0.395 bits per heavy atom. The summed E-state index contributed by atoms with van der Waals surface area (Å²) < 4.78 is 5.44. The molecule has 2 nitrogen and oxygen atoms in total. The van der Waals surface area contributed by atoms with Gasteiger partial charge in [-0.15, -0.1) is 0 Å². The number of carbonyl (C=O) groups is 1. The first kappa shape index (κ1) is 41.7. The molecule has 252 valence electrons. The van der Waals surface area contributed by atoms with Crippen molar-refractivity contribution in [3.8, 4) is 0 Å². The van der Waals surface area contributed by atoms with Crippen LogP contribution in [0, 0.1) is 0 Å². The third-order valence-corrected chi connectivity index (χ3v) is 8.50. The first-order valence-electron chi connectivity index (χ1n) is 19.4. The number of hydrogen-bond acceptors (Lipinski definition) is 2. The molecule has 0 aliphatic carbocycles. The van der Waals surface area contributed by atoms with Crippen LogP contribution in [0.4, 0.5) is 0 Å². The molecule has 0 saturated carbocycles. The molecule has 0 amide bonds. The van der Waals surface area contributed by atoms with Crippen LogP contribution in [0.15, 0.2) is 36.5 Å². The zero-order valence-electron chi connectivity index (χ0n) is 29.4. The van der Waals surface area contributed by atoms with Gasteiger partial charge in [0.15, 0.2) is 0 Å². The highest BCUT2D eigenvalue weighted by Crippen LogP contribution is 2.13. The minimum atomic E-state index is 0.00522. The van der Waals surface area contributed by atoms with E-state index in [1.54, 1.807) is 0 Å². The van der Waals surface area contributed by atoms with Gasteiger partial charge in [-0.2, -0.15) is 0 Å². The molecule has 0 atom stereocenters. The van der Waals surface area contributed by atoms with Gasteiger partial charge in [0.05, 0.1) is 6.61 Å². The summed E-state index contributed by atoms with van der Waals surface area (Å²) in [7, 11) is 0. The fraction of sp³-hybridized carbons (Fsp3) is 0.829. The van der Waals surface area contributed by atoms with Gasteiger partial charge in [0.25, 0.3) is 0 Å². The Balaban J connectivity index is 3.25. The molecule has 0 saturated heterocycles. The predicted octanol–water partition coefficient (Wildman–Crippen LogP) is 14.3. The van der Waals surface area contributed by atoms with Crippen molar-refractivity contribution in [2.75, 3.05) is 6.61 Å². The van der Waals surface area contributed by atoms with Gasteiger partial charge in [-0.05, 0) is 70.6 Å². The van der Waals surface area contributed by atoms with Crippen LogP contribution in [0.1, 0.15) is 213 Å². The lowest BCUT2D eigenvalue weighted by Crippen LogP contribution is -2.05. The summed E-state index contributed by atoms with van der Waals surface area (Å²) in [5, 5.41) is 0. The number of esters is 1. The van der Waals surface area contributed by atoms with E-state index in [0.717, 1.165) is 25.7 Å². The van der Waals surface area contributed by atoms with Crippen LogP contribution < -0.4 is 0 Å². The number of hydrogen-bond donors (Lipinski definition) is 0. The van der Waals surface area contributed by atoms with Gasteiger partial charge in [0.1, 0.15) is 0 Å². The molecule has 43 heavy (non-hydrogen) atoms. The van der Waals surface area contributed by atoms with Crippen LogP contribution in [0.5, 0.6) is 0 Å². The number of rotatable bonds is 35. The van der Waals surface area contributed by atoms with E-state index in [0.29, 0.717) is 13.0 Å². The van der Waals surface area contributed by atoms with Crippen LogP contribution in [-0.2, 0) is 9.53 Å². The largest absolute Gasteiger partial charge is 0.466 e. The third kappa shape index (κ3) is 38.7. The average Bonchev–Trinajstić information content (AvgIpc) is 3.01. The zero-order valence-corrected chi connectivity index (χ0v) is 29.4. The van der Waals surface area contributed by atoms with Crippen molar-refractivity contribution < 1.29 is 9.53 Å². The highest BCUT2D eigenvalue weighted by atomic mass is 16.5. The third-order valence-electron chi connectivity index (χ3n) is 8.50. The van der Waals surface area contributed by atoms with Gasteiger partial charge >= 0.3 is 5.97 Å². The van der Waals surface area contributed by atoms with Crippen molar-refractivity contribution in [2.45, 2.75) is 213 Å². The topological polar surface area (TPSA) is 26.3 Å². The standard InChI is InChI=1S/C41H76O2/c1-3-5-7-9-11-13-15-17-19-20-21-22-23-24-26-28-30-32-34-36-38-40-43-41(42)39-37-35-33-31-29-27-25-18-16-14-12-10-8-6-4-2/h12,14,18,23-25H,3-11,13,15-17,19-22,26-40H2,1-2H3/b14-12-,24-23-,25-18-. The van der Waals surface area contributed by atoms with Crippen LogP contribution in [0.3, 0.4) is 0 Å². The monoisotopic (exact) mass is 601 g/mol. The van der Waals surface area contributed by atoms with E-state index in [9.17, 15) is 4.79 Å². The van der Waals surface area contributed by atoms with E-state index < -0.39 is 0 Å². The molecule has 0 aromatic carbocycles. The van der Waals surface area contributed by atoms with E-state index in [2.05, 4.69) is 50.3 Å². The molecule has 0 spiro atoms. The van der Waals surface area contributed by atoms with Crippen LogP contribution in [-0.4, -0.2) is 12.6 Å². The quantitative estimate of drug-likeness (QED) is 0.0411. The summed E-state index contributed by atoms with van der Waals surface area (Å²) >= 11 is 0. The molecule has 0 radical (unpaired) electrons. The van der Waals surface area contributed by atoms with Crippen molar-refractivity contribution >= 4 is 5.97 Å². The summed E-state index contributed by atoms with van der Waals surface area (Å²) in [4.78, 5) is 11.9. The second kappa shape index (κ2) is 38.7. The lowest BCUT2D eigenvalue weighted by Gasteiger charge is -2.05. The van der Waals surface area contributed by atoms with Gasteiger partial charge in [-0.3, -0.25) is 4.79 Å². The summed E-state index contributed by atoms with van der Waals surface area (Å²) in [5.41, 5.74) is 0. The Hall–Kier alpha value is -1.31. The van der Waals surface area contributed by atoms with E-state index in [1.807, 2.05) is 0 Å². The minimum Gasteiger partial charge on any atom is -0.466 e. The molecule has 0 aliphatic rings. The second-order valence-electron chi connectivity index (χ2n) is 12.9. The first-order chi connectivity index (χ1) is 21.3. The molecule has 0 aliphatic heterocycles. The average molecular weight is 601 g/mol. The highest BCUT2D eigenvalue weighted by molar-refractivity contribution is 5.69. The van der Waals surface area contributed by atoms with Crippen molar-refractivity contribution in [1.82, 2.24) is 0 Å². The number of allylic oxidation sites excluding steroid dienone is 6. The van der Waals surface area contributed by atoms with Gasteiger partial charge in [-0.25, -0.2) is 0 Å². The second-order valence-corrected chi connectivity index (χ2v) is 12.9. The summed E-state index contributed by atoms with van der Waals surface area (Å²) in [6.45, 7) is 5.16. The minimum absolute atomic E-state index is 0.00522. The Labute approximate surface area is 271 Å². The smallest absolute Gasteiger partial charge is 0.305 e. The molecular formula is C41H76O2. The summed E-state index contributed by atoms with van der Waals surface area (Å²) in [6, 6.07) is 0. The van der Waals surface area contributed by atoms with Gasteiger partial charge in [-0.1, -0.05) is 172 Å². The molecular weight excluding hydrogens is 524 g/mol. The van der Waals surface area contributed by atoms with Crippen molar-refractivity contribution in [3.63, 3.8) is 0 Å². The van der Waals surface area contributed by atoms with Crippen molar-refractivity contribution in [1.29, 1.82) is 0 Å². The molecule has 0 bridgehead atoms. The molecule has 0 N–H and O–H groups in total. The number of carbonyl (C=O) groups excluding carboxylic acids is 1. The van der Waals surface area contributed by atoms with E-state index >= 15 is 0 Å². The molecule has 2 heteroatoms. The highest BCUT2D eigenvalue weighted by Gasteiger charge is 2.02. The molecule has 0 aromatic rings. The van der Waals surface area contributed by atoms with E-state index in [4.69, 9.17) is 4.74 Å². The summed E-state index contributed by atoms with van der Waals surface area (Å²) in [6.07, 6.45) is 53.6. The predicted molar refractivity (Wildman–Crippen MR) is 193 cm³/mol. The Morgan fingerprint density at radius 2 is 0.721 bits per heavy atom. The lowest BCUT2D eigenvalue weighted by molar-refractivity contribution is -0.143. The SMILES string of the molecule is CCCCC/C=C\C/C=C\CCCCCCCC(=O)OCCCCCCCC/C=C\CCCCCCCCCCCCC. The number of ether oxygens (including phenoxy) is 1. The van der Waals surface area contributed by atoms with Crippen molar-refractivity contribution in [3.05, 3.63) is 36.5 Å². The maximum Gasteiger partial charge on any atom is 0.305 e. The summed E-state index contributed by atoms with van der Waals surface area (Å²) in [5.74, 6) is 0.00522. The maximum absolute atomic E-state index is 11.9. The van der Waals surface area contributed by atoms with Crippen LogP contribution >= 0.6 is 0 Å². The molecule has 0 rings (SSSR count). The molecule has 0 aromatic heterocycles. The Morgan fingerprint density at radius 3 is 1.19 bits per heavy atom. The van der Waals surface area contributed by atoms with E-state index in [1.165, 1.54) is 167 Å². The van der Waals surface area contributed by atoms with Gasteiger partial charge in [0, 0.05) is 6.42 Å². The fourth-order valence-electron chi connectivity index (χ4n) is 5.57. The molecule has 0 unspecified atom stereocenters. The number of unbranched alkanes of at least 4 members (excludes halogenated alkanes) is 25. The van der Waals surface area contributed by atoms with Crippen molar-refractivity contribution in [2.24, 2.45) is 0 Å². The lowest BCUT2D eigenvalue weighted by atomic mass is 10.0. The van der Waals surface area contributed by atoms with Crippen LogP contribution in [0.25, 0.3) is 0 Å². The van der Waals surface area contributed by atoms with Crippen LogP contribution in [0.2, 0.25) is 0 Å².